The topological polar surface area (TPSA) is 65.7 Å². The Morgan fingerprint density at radius 3 is 2.22 bits per heavy atom. The maximum absolute atomic E-state index is 5.45. The number of aryl methyl sites for hydroxylation is 2. The molecule has 0 fully saturated rings. The quantitative estimate of drug-likeness (QED) is 0.279. The Balaban J connectivity index is 0.00000676. The molecule has 0 saturated heterocycles. The summed E-state index contributed by atoms with van der Waals surface area (Å²) in [6, 6.07) is 0.488. The number of halogens is 1. The molecule has 2 N–H and O–H groups in total. The number of nitrogens with one attached hydrogen (secondary N) is 2. The van der Waals surface area contributed by atoms with Crippen molar-refractivity contribution in [3.63, 3.8) is 0 Å². The second-order valence-corrected chi connectivity index (χ2v) is 6.92. The molecule has 1 atom stereocenters. The fourth-order valence-electron chi connectivity index (χ4n) is 3.42. The van der Waals surface area contributed by atoms with Gasteiger partial charge in [0, 0.05) is 31.1 Å². The highest BCUT2D eigenvalue weighted by Crippen LogP contribution is 2.18. The predicted octanol–water partition coefficient (Wildman–Crippen LogP) is 3.84. The second-order valence-electron chi connectivity index (χ2n) is 6.92. The summed E-state index contributed by atoms with van der Waals surface area (Å²) in [5, 5.41) is 11.1. The van der Waals surface area contributed by atoms with E-state index in [2.05, 4.69) is 69.4 Å². The highest BCUT2D eigenvalue weighted by Gasteiger charge is 2.21. The number of guanidine groups is 1. The summed E-state index contributed by atoms with van der Waals surface area (Å²) < 4.78 is 5.45. The number of hydrogen-bond acceptors (Lipinski definition) is 4. The third kappa shape index (κ3) is 7.97. The van der Waals surface area contributed by atoms with E-state index in [9.17, 15) is 0 Å². The monoisotopic (exact) mass is 493 g/mol. The Kier molecular flexibility index (Phi) is 13.8. The number of rotatable bonds is 11. The van der Waals surface area contributed by atoms with E-state index in [1.165, 1.54) is 12.8 Å². The smallest absolute Gasteiger partial charge is 0.191 e. The van der Waals surface area contributed by atoms with Crippen LogP contribution in [0.5, 0.6) is 0 Å². The lowest BCUT2D eigenvalue weighted by Gasteiger charge is -2.32. The van der Waals surface area contributed by atoms with Crippen LogP contribution in [0.2, 0.25) is 0 Å². The van der Waals surface area contributed by atoms with Crippen LogP contribution in [0.25, 0.3) is 0 Å². The lowest BCUT2D eigenvalue weighted by molar-refractivity contribution is 0.200. The molecule has 0 bridgehead atoms. The van der Waals surface area contributed by atoms with Gasteiger partial charge in [-0.3, -0.25) is 0 Å². The van der Waals surface area contributed by atoms with E-state index in [0.29, 0.717) is 18.5 Å². The molecule has 7 heteroatoms. The molecule has 0 radical (unpaired) electrons. The zero-order chi connectivity index (χ0) is 19.5. The Morgan fingerprint density at radius 2 is 1.74 bits per heavy atom. The van der Waals surface area contributed by atoms with Gasteiger partial charge in [-0.2, -0.15) is 0 Å². The second kappa shape index (κ2) is 14.2. The van der Waals surface area contributed by atoms with Gasteiger partial charge in [0.15, 0.2) is 5.96 Å². The molecule has 0 aliphatic rings. The highest BCUT2D eigenvalue weighted by atomic mass is 127. The molecule has 0 aromatic carbocycles. The van der Waals surface area contributed by atoms with Crippen molar-refractivity contribution in [2.45, 2.75) is 72.9 Å². The maximum atomic E-state index is 5.45. The normalized spacial score (nSPS) is 13.0. The molecule has 0 aliphatic heterocycles. The van der Waals surface area contributed by atoms with Gasteiger partial charge in [0.1, 0.15) is 5.76 Å². The van der Waals surface area contributed by atoms with Crippen LogP contribution in [0.4, 0.5) is 0 Å². The van der Waals surface area contributed by atoms with Crippen molar-refractivity contribution in [2.75, 3.05) is 27.2 Å². The van der Waals surface area contributed by atoms with Crippen molar-refractivity contribution in [3.05, 3.63) is 17.0 Å². The highest BCUT2D eigenvalue weighted by molar-refractivity contribution is 14.0. The van der Waals surface area contributed by atoms with E-state index in [4.69, 9.17) is 9.52 Å². The van der Waals surface area contributed by atoms with Crippen molar-refractivity contribution in [1.29, 1.82) is 0 Å². The fraction of sp³-hybridized carbons (Fsp3) is 0.800. The van der Waals surface area contributed by atoms with Crippen LogP contribution >= 0.6 is 24.0 Å². The van der Waals surface area contributed by atoms with E-state index >= 15 is 0 Å². The van der Waals surface area contributed by atoms with E-state index in [1.54, 1.807) is 0 Å². The minimum Gasteiger partial charge on any atom is -0.361 e. The SMILES string of the molecule is CCNC(=NCc1c(CC)noc1CC)NCC(C(CC)CC)N(C)C.I. The van der Waals surface area contributed by atoms with Gasteiger partial charge in [0.25, 0.3) is 0 Å². The largest absolute Gasteiger partial charge is 0.361 e. The molecule has 1 aromatic rings. The van der Waals surface area contributed by atoms with Crippen LogP contribution in [-0.2, 0) is 19.4 Å². The van der Waals surface area contributed by atoms with E-state index in [0.717, 1.165) is 48.9 Å². The van der Waals surface area contributed by atoms with Crippen LogP contribution in [0.3, 0.4) is 0 Å². The molecule has 6 nitrogen and oxygen atoms in total. The number of aromatic nitrogens is 1. The summed E-state index contributed by atoms with van der Waals surface area (Å²) in [5.74, 6) is 2.48. The summed E-state index contributed by atoms with van der Waals surface area (Å²) in [4.78, 5) is 7.11. The minimum atomic E-state index is 0. The molecular formula is C20H40IN5O. The molecule has 0 amide bonds. The summed E-state index contributed by atoms with van der Waals surface area (Å²) in [7, 11) is 4.32. The molecule has 1 heterocycles. The summed E-state index contributed by atoms with van der Waals surface area (Å²) in [5.41, 5.74) is 2.15. The van der Waals surface area contributed by atoms with Crippen LogP contribution in [0, 0.1) is 5.92 Å². The van der Waals surface area contributed by atoms with Gasteiger partial charge >= 0.3 is 0 Å². The van der Waals surface area contributed by atoms with Crippen LogP contribution in [-0.4, -0.2) is 49.2 Å². The standard InChI is InChI=1S/C20H39N5O.HI/c1-8-15(9-2)18(25(6)7)14-23-20(21-12-5)22-13-16-17(10-3)24-26-19(16)11-4;/h15,18H,8-14H2,1-7H3,(H2,21,22,23);1H. The van der Waals surface area contributed by atoms with Gasteiger partial charge in [-0.05, 0) is 33.4 Å². The molecule has 158 valence electrons. The van der Waals surface area contributed by atoms with Gasteiger partial charge < -0.3 is 20.1 Å². The third-order valence-corrected chi connectivity index (χ3v) is 5.08. The van der Waals surface area contributed by atoms with Crippen LogP contribution < -0.4 is 10.6 Å². The third-order valence-electron chi connectivity index (χ3n) is 5.08. The van der Waals surface area contributed by atoms with Crippen molar-refractivity contribution >= 4 is 29.9 Å². The van der Waals surface area contributed by atoms with Gasteiger partial charge in [-0.1, -0.05) is 45.7 Å². The molecule has 1 rings (SSSR count). The molecule has 0 saturated carbocycles. The number of likely N-dealkylation sites (N-methyl/N-ethyl adjacent to an activating group) is 1. The van der Waals surface area contributed by atoms with E-state index < -0.39 is 0 Å². The van der Waals surface area contributed by atoms with Crippen molar-refractivity contribution in [3.8, 4) is 0 Å². The Bertz CT molecular complexity index is 519. The zero-order valence-electron chi connectivity index (χ0n) is 18.3. The van der Waals surface area contributed by atoms with Gasteiger partial charge in [-0.25, -0.2) is 4.99 Å². The van der Waals surface area contributed by atoms with Crippen molar-refractivity contribution in [1.82, 2.24) is 20.7 Å². The number of nitrogens with zero attached hydrogens (tertiary/aromatic N) is 3. The Morgan fingerprint density at radius 1 is 1.07 bits per heavy atom. The maximum Gasteiger partial charge on any atom is 0.191 e. The lowest BCUT2D eigenvalue weighted by atomic mass is 9.93. The first kappa shape index (κ1) is 26.2. The first-order chi connectivity index (χ1) is 12.5. The van der Waals surface area contributed by atoms with Crippen molar-refractivity contribution < 1.29 is 4.52 Å². The molecular weight excluding hydrogens is 453 g/mol. The van der Waals surface area contributed by atoms with E-state index in [-0.39, 0.29) is 24.0 Å². The molecule has 27 heavy (non-hydrogen) atoms. The van der Waals surface area contributed by atoms with Gasteiger partial charge in [0.05, 0.1) is 12.2 Å². The zero-order valence-corrected chi connectivity index (χ0v) is 20.6. The average Bonchev–Trinajstić information content (AvgIpc) is 3.04. The first-order valence-electron chi connectivity index (χ1n) is 10.2. The summed E-state index contributed by atoms with van der Waals surface area (Å²) in [6.07, 6.45) is 4.10. The summed E-state index contributed by atoms with van der Waals surface area (Å²) in [6.45, 7) is 13.2. The molecule has 0 aliphatic carbocycles. The minimum absolute atomic E-state index is 0. The van der Waals surface area contributed by atoms with Gasteiger partial charge in [0.2, 0.25) is 0 Å². The van der Waals surface area contributed by atoms with Crippen LogP contribution in [0.1, 0.15) is 64.5 Å². The average molecular weight is 493 g/mol. The van der Waals surface area contributed by atoms with E-state index in [1.807, 2.05) is 0 Å². The molecule has 1 unspecified atom stereocenters. The van der Waals surface area contributed by atoms with Crippen molar-refractivity contribution in [2.24, 2.45) is 10.9 Å². The molecule has 1 aromatic heterocycles. The lowest BCUT2D eigenvalue weighted by Crippen LogP contribution is -2.48. The van der Waals surface area contributed by atoms with Gasteiger partial charge in [-0.15, -0.1) is 24.0 Å². The summed E-state index contributed by atoms with van der Waals surface area (Å²) >= 11 is 0. The number of hydrogen-bond donors (Lipinski definition) is 2. The molecule has 0 spiro atoms. The Labute approximate surface area is 182 Å². The number of aliphatic imine (C=N–C) groups is 1. The fourth-order valence-corrected chi connectivity index (χ4v) is 3.42. The predicted molar refractivity (Wildman–Crippen MR) is 125 cm³/mol. The first-order valence-corrected chi connectivity index (χ1v) is 10.2. The Hall–Kier alpha value is -0.830. The van der Waals surface area contributed by atoms with Crippen LogP contribution in [0.15, 0.2) is 9.52 Å².